The van der Waals surface area contributed by atoms with Gasteiger partial charge in [-0.1, -0.05) is 30.3 Å². The van der Waals surface area contributed by atoms with Gasteiger partial charge in [0.05, 0.1) is 23.4 Å². The third-order valence-electron chi connectivity index (χ3n) is 4.83. The van der Waals surface area contributed by atoms with Crippen molar-refractivity contribution in [1.29, 1.82) is 0 Å². The smallest absolute Gasteiger partial charge is 0.307 e. The molecular formula is C22H24N2O4S. The lowest BCUT2D eigenvalue weighted by molar-refractivity contribution is -0.149. The second kappa shape index (κ2) is 9.13. The average molecular weight is 413 g/mol. The molecule has 2 aromatic carbocycles. The van der Waals surface area contributed by atoms with Crippen LogP contribution in [0.2, 0.25) is 0 Å². The summed E-state index contributed by atoms with van der Waals surface area (Å²) in [4.78, 5) is 37.3. The number of esters is 1. The first-order valence-corrected chi connectivity index (χ1v) is 10.3. The van der Waals surface area contributed by atoms with E-state index in [4.69, 9.17) is 4.74 Å². The zero-order valence-corrected chi connectivity index (χ0v) is 17.5. The lowest BCUT2D eigenvalue weighted by Gasteiger charge is -2.23. The number of ether oxygens (including phenoxy) is 1. The first kappa shape index (κ1) is 20.9. The molecule has 2 N–H and O–H groups in total. The predicted octanol–water partition coefficient (Wildman–Crippen LogP) is 3.53. The lowest BCUT2D eigenvalue weighted by Crippen LogP contribution is -2.34. The summed E-state index contributed by atoms with van der Waals surface area (Å²) in [5.41, 5.74) is 4.07. The molecule has 0 spiro atoms. The zero-order chi connectivity index (χ0) is 21.0. The van der Waals surface area contributed by atoms with Crippen molar-refractivity contribution in [2.45, 2.75) is 43.4 Å². The summed E-state index contributed by atoms with van der Waals surface area (Å²) in [6.07, 6.45) is -0.0924. The van der Waals surface area contributed by atoms with E-state index >= 15 is 0 Å². The van der Waals surface area contributed by atoms with Crippen molar-refractivity contribution < 1.29 is 19.1 Å². The number of benzene rings is 2. The molecule has 152 valence electrons. The normalized spacial score (nSPS) is 16.4. The van der Waals surface area contributed by atoms with Crippen LogP contribution in [0, 0.1) is 13.8 Å². The number of aryl methyl sites for hydroxylation is 2. The summed E-state index contributed by atoms with van der Waals surface area (Å²) in [5, 5.41) is 5.03. The van der Waals surface area contributed by atoms with Crippen molar-refractivity contribution in [2.24, 2.45) is 0 Å². The van der Waals surface area contributed by atoms with Crippen molar-refractivity contribution >= 4 is 35.2 Å². The van der Waals surface area contributed by atoms with Crippen LogP contribution in [0.4, 0.5) is 5.69 Å². The molecule has 0 radical (unpaired) electrons. The second-order valence-corrected chi connectivity index (χ2v) is 8.33. The number of anilines is 1. The molecule has 0 bridgehead atoms. The van der Waals surface area contributed by atoms with Gasteiger partial charge in [-0.25, -0.2) is 0 Å². The molecule has 29 heavy (non-hydrogen) atoms. The van der Waals surface area contributed by atoms with E-state index in [9.17, 15) is 14.4 Å². The van der Waals surface area contributed by atoms with Crippen LogP contribution < -0.4 is 10.6 Å². The molecule has 6 nitrogen and oxygen atoms in total. The number of carbonyl (C=O) groups excluding carboxylic acids is 3. The maximum atomic E-state index is 12.2. The van der Waals surface area contributed by atoms with Crippen molar-refractivity contribution in [3.05, 3.63) is 59.2 Å². The number of hydrogen-bond acceptors (Lipinski definition) is 5. The molecule has 1 heterocycles. The van der Waals surface area contributed by atoms with Crippen LogP contribution in [-0.4, -0.2) is 29.6 Å². The zero-order valence-electron chi connectivity index (χ0n) is 16.7. The molecule has 0 aromatic heterocycles. The van der Waals surface area contributed by atoms with Crippen molar-refractivity contribution in [3.63, 3.8) is 0 Å². The Bertz CT molecular complexity index is 944. The number of rotatable bonds is 6. The topological polar surface area (TPSA) is 84.5 Å². The van der Waals surface area contributed by atoms with Gasteiger partial charge in [0, 0.05) is 4.90 Å². The molecule has 1 aliphatic heterocycles. The maximum Gasteiger partial charge on any atom is 0.307 e. The molecule has 0 fully saturated rings. The van der Waals surface area contributed by atoms with E-state index in [1.807, 2.05) is 63.2 Å². The molecule has 2 atom stereocenters. The fourth-order valence-electron chi connectivity index (χ4n) is 2.98. The Morgan fingerprint density at radius 1 is 1.17 bits per heavy atom. The van der Waals surface area contributed by atoms with Crippen molar-refractivity contribution in [3.8, 4) is 0 Å². The minimum Gasteiger partial charge on any atom is -0.456 e. The van der Waals surface area contributed by atoms with Gasteiger partial charge in [-0.15, -0.1) is 11.8 Å². The molecule has 0 saturated carbocycles. The molecule has 2 aromatic rings. The summed E-state index contributed by atoms with van der Waals surface area (Å²) in [6.45, 7) is 5.56. The summed E-state index contributed by atoms with van der Waals surface area (Å²) < 4.78 is 5.08. The van der Waals surface area contributed by atoms with Gasteiger partial charge in [-0.3, -0.25) is 14.4 Å². The Morgan fingerprint density at radius 3 is 2.69 bits per heavy atom. The number of para-hydroxylation sites is 1. The predicted molar refractivity (Wildman–Crippen MR) is 113 cm³/mol. The Labute approximate surface area is 174 Å². The number of hydrogen-bond donors (Lipinski definition) is 2. The monoisotopic (exact) mass is 412 g/mol. The van der Waals surface area contributed by atoms with Crippen LogP contribution in [0.5, 0.6) is 0 Å². The standard InChI is InChI=1S/C22H24N2O4S/c1-13-8-9-16(10-14(13)2)15(3)23-20(25)12-28-21(26)11-19-22(27)24-17-6-4-5-7-18(17)29-19/h4-10,15,19H,11-12H2,1-3H3,(H,23,25)(H,24,27)/t15-,19+/m1/s1. The Hall–Kier alpha value is -2.80. The van der Waals surface area contributed by atoms with Crippen molar-refractivity contribution in [2.75, 3.05) is 11.9 Å². The average Bonchev–Trinajstić information content (AvgIpc) is 2.69. The van der Waals surface area contributed by atoms with E-state index in [0.29, 0.717) is 0 Å². The fourth-order valence-corrected chi connectivity index (χ4v) is 4.08. The van der Waals surface area contributed by atoms with Gasteiger partial charge in [-0.05, 0) is 49.6 Å². The van der Waals surface area contributed by atoms with Gasteiger partial charge < -0.3 is 15.4 Å². The van der Waals surface area contributed by atoms with Gasteiger partial charge >= 0.3 is 5.97 Å². The van der Waals surface area contributed by atoms with Crippen LogP contribution in [0.25, 0.3) is 0 Å². The quantitative estimate of drug-likeness (QED) is 0.709. The highest BCUT2D eigenvalue weighted by atomic mass is 32.2. The Balaban J connectivity index is 1.47. The van der Waals surface area contributed by atoms with E-state index in [2.05, 4.69) is 10.6 Å². The van der Waals surface area contributed by atoms with Gasteiger partial charge in [-0.2, -0.15) is 0 Å². The number of amides is 2. The van der Waals surface area contributed by atoms with Crippen LogP contribution in [0.15, 0.2) is 47.4 Å². The van der Waals surface area contributed by atoms with Crippen LogP contribution in [0.1, 0.15) is 36.1 Å². The molecule has 1 aliphatic rings. The largest absolute Gasteiger partial charge is 0.456 e. The molecule has 2 amide bonds. The minimum absolute atomic E-state index is 0.0924. The van der Waals surface area contributed by atoms with Gasteiger partial charge in [0.2, 0.25) is 5.91 Å². The highest BCUT2D eigenvalue weighted by Crippen LogP contribution is 2.36. The number of nitrogens with one attached hydrogen (secondary N) is 2. The SMILES string of the molecule is Cc1ccc([C@@H](C)NC(=O)COC(=O)C[C@@H]2Sc3ccccc3NC2=O)cc1C. The maximum absolute atomic E-state index is 12.2. The number of carbonyl (C=O) groups is 3. The summed E-state index contributed by atoms with van der Waals surface area (Å²) >= 11 is 1.32. The first-order valence-electron chi connectivity index (χ1n) is 9.42. The number of thioether (sulfide) groups is 1. The van der Waals surface area contributed by atoms with Gasteiger partial charge in [0.15, 0.2) is 6.61 Å². The molecular weight excluding hydrogens is 388 g/mol. The molecule has 3 rings (SSSR count). The Kier molecular flexibility index (Phi) is 6.59. The van der Waals surface area contributed by atoms with Gasteiger partial charge in [0.1, 0.15) is 0 Å². The van der Waals surface area contributed by atoms with E-state index < -0.39 is 11.2 Å². The lowest BCUT2D eigenvalue weighted by atomic mass is 10.0. The van der Waals surface area contributed by atoms with Crippen LogP contribution in [-0.2, 0) is 19.1 Å². The minimum atomic E-state index is -0.578. The van der Waals surface area contributed by atoms with E-state index in [1.165, 1.54) is 17.3 Å². The van der Waals surface area contributed by atoms with Crippen LogP contribution in [0.3, 0.4) is 0 Å². The van der Waals surface area contributed by atoms with Crippen LogP contribution >= 0.6 is 11.8 Å². The van der Waals surface area contributed by atoms with E-state index in [0.717, 1.165) is 21.7 Å². The Morgan fingerprint density at radius 2 is 1.93 bits per heavy atom. The third-order valence-corrected chi connectivity index (χ3v) is 6.11. The molecule has 7 heteroatoms. The second-order valence-electron chi connectivity index (χ2n) is 7.09. The van der Waals surface area contributed by atoms with E-state index in [-0.39, 0.29) is 30.9 Å². The molecule has 0 aliphatic carbocycles. The van der Waals surface area contributed by atoms with E-state index in [1.54, 1.807) is 0 Å². The fraction of sp³-hybridized carbons (Fsp3) is 0.318. The first-order chi connectivity index (χ1) is 13.8. The summed E-state index contributed by atoms with van der Waals surface area (Å²) in [6, 6.07) is 13.2. The summed E-state index contributed by atoms with van der Waals surface area (Å²) in [7, 11) is 0. The molecule has 0 unspecified atom stereocenters. The van der Waals surface area contributed by atoms with Gasteiger partial charge in [0.25, 0.3) is 5.91 Å². The number of fused-ring (bicyclic) bond motifs is 1. The highest BCUT2D eigenvalue weighted by molar-refractivity contribution is 8.01. The summed E-state index contributed by atoms with van der Waals surface area (Å²) in [5.74, 6) is -1.19. The highest BCUT2D eigenvalue weighted by Gasteiger charge is 2.29. The third kappa shape index (κ3) is 5.38. The molecule has 0 saturated heterocycles. The van der Waals surface area contributed by atoms with Crippen molar-refractivity contribution in [1.82, 2.24) is 5.32 Å².